The molecule has 1 atom stereocenters. The molecule has 0 spiro atoms. The normalized spacial score (nSPS) is 18.7. The SMILES string of the molecule is COc1ccc(CC2(CN3CCN(c4ccccc4Cl)CC3)NC=Cc3cc(OC)c(OC)cc32)cc1OC. The van der Waals surface area contributed by atoms with Crippen molar-refractivity contribution in [3.63, 3.8) is 0 Å². The molecule has 2 heterocycles. The van der Waals surface area contributed by atoms with Crippen LogP contribution in [0.15, 0.2) is 60.8 Å². The zero-order valence-electron chi connectivity index (χ0n) is 23.0. The number of anilines is 1. The number of fused-ring (bicyclic) bond motifs is 1. The van der Waals surface area contributed by atoms with Crippen molar-refractivity contribution in [1.82, 2.24) is 10.2 Å². The van der Waals surface area contributed by atoms with Gasteiger partial charge in [-0.25, -0.2) is 0 Å². The molecule has 0 aromatic heterocycles. The van der Waals surface area contributed by atoms with Crippen molar-refractivity contribution in [3.05, 3.63) is 82.5 Å². The number of ether oxygens (including phenoxy) is 4. The summed E-state index contributed by atoms with van der Waals surface area (Å²) in [6.07, 6.45) is 4.89. The second-order valence-corrected chi connectivity index (χ2v) is 10.3. The van der Waals surface area contributed by atoms with Crippen LogP contribution >= 0.6 is 11.6 Å². The summed E-state index contributed by atoms with van der Waals surface area (Å²) in [4.78, 5) is 4.90. The maximum Gasteiger partial charge on any atom is 0.161 e. The first-order valence-corrected chi connectivity index (χ1v) is 13.5. The summed E-state index contributed by atoms with van der Waals surface area (Å²) in [7, 11) is 6.68. The van der Waals surface area contributed by atoms with E-state index < -0.39 is 5.54 Å². The van der Waals surface area contributed by atoms with Crippen LogP contribution in [-0.2, 0) is 12.0 Å². The minimum atomic E-state index is -0.407. The van der Waals surface area contributed by atoms with E-state index in [4.69, 9.17) is 30.5 Å². The number of rotatable bonds is 9. The minimum absolute atomic E-state index is 0.407. The molecule has 206 valence electrons. The Labute approximate surface area is 235 Å². The highest BCUT2D eigenvalue weighted by Gasteiger charge is 2.39. The van der Waals surface area contributed by atoms with Gasteiger partial charge in [0.1, 0.15) is 0 Å². The molecule has 2 aliphatic rings. The van der Waals surface area contributed by atoms with Gasteiger partial charge in [-0.15, -0.1) is 0 Å². The number of benzene rings is 3. The van der Waals surface area contributed by atoms with E-state index in [1.54, 1.807) is 28.4 Å². The van der Waals surface area contributed by atoms with Gasteiger partial charge in [0.2, 0.25) is 0 Å². The fourth-order valence-electron chi connectivity index (χ4n) is 5.72. The first-order valence-electron chi connectivity index (χ1n) is 13.1. The van der Waals surface area contributed by atoms with Gasteiger partial charge in [-0.2, -0.15) is 0 Å². The maximum atomic E-state index is 6.50. The lowest BCUT2D eigenvalue weighted by Crippen LogP contribution is -2.56. The van der Waals surface area contributed by atoms with Gasteiger partial charge in [0.15, 0.2) is 23.0 Å². The number of piperazine rings is 1. The minimum Gasteiger partial charge on any atom is -0.493 e. The van der Waals surface area contributed by atoms with Gasteiger partial charge in [0.05, 0.1) is 44.7 Å². The average Bonchev–Trinajstić information content (AvgIpc) is 2.97. The van der Waals surface area contributed by atoms with Crippen LogP contribution in [0.2, 0.25) is 5.02 Å². The van der Waals surface area contributed by atoms with Crippen molar-refractivity contribution >= 4 is 23.4 Å². The lowest BCUT2D eigenvalue weighted by atomic mass is 9.78. The van der Waals surface area contributed by atoms with Crippen LogP contribution in [0.3, 0.4) is 0 Å². The molecule has 1 N–H and O–H groups in total. The Morgan fingerprint density at radius 3 is 2.15 bits per heavy atom. The van der Waals surface area contributed by atoms with Crippen LogP contribution < -0.4 is 29.2 Å². The Morgan fingerprint density at radius 2 is 1.46 bits per heavy atom. The number of hydrogen-bond donors (Lipinski definition) is 1. The van der Waals surface area contributed by atoms with Crippen LogP contribution in [0.25, 0.3) is 6.08 Å². The molecule has 3 aromatic rings. The summed E-state index contributed by atoms with van der Waals surface area (Å²) < 4.78 is 22.5. The number of nitrogens with one attached hydrogen (secondary N) is 1. The van der Waals surface area contributed by atoms with Gasteiger partial charge in [-0.1, -0.05) is 29.8 Å². The largest absolute Gasteiger partial charge is 0.493 e. The van der Waals surface area contributed by atoms with Crippen LogP contribution in [0.5, 0.6) is 23.0 Å². The quantitative estimate of drug-likeness (QED) is 0.393. The zero-order chi connectivity index (χ0) is 27.4. The van der Waals surface area contributed by atoms with E-state index in [1.807, 2.05) is 24.3 Å². The second kappa shape index (κ2) is 11.7. The first-order chi connectivity index (χ1) is 19.0. The van der Waals surface area contributed by atoms with E-state index >= 15 is 0 Å². The zero-order valence-corrected chi connectivity index (χ0v) is 23.8. The van der Waals surface area contributed by atoms with Crippen LogP contribution in [0, 0.1) is 0 Å². The topological polar surface area (TPSA) is 55.4 Å². The fourth-order valence-corrected chi connectivity index (χ4v) is 5.98. The summed E-state index contributed by atoms with van der Waals surface area (Å²) in [6, 6.07) is 18.4. The summed E-state index contributed by atoms with van der Waals surface area (Å²) in [5.74, 6) is 2.87. The summed E-state index contributed by atoms with van der Waals surface area (Å²) in [5, 5.41) is 4.56. The second-order valence-electron chi connectivity index (χ2n) is 9.93. The van der Waals surface area contributed by atoms with E-state index in [0.29, 0.717) is 11.5 Å². The Morgan fingerprint density at radius 1 is 0.795 bits per heavy atom. The Balaban J connectivity index is 1.48. The molecule has 0 aliphatic carbocycles. The first kappa shape index (κ1) is 27.0. The molecule has 0 bridgehead atoms. The van der Waals surface area contributed by atoms with Crippen molar-refractivity contribution in [2.45, 2.75) is 12.0 Å². The molecule has 1 saturated heterocycles. The average molecular weight is 550 g/mol. The molecule has 0 radical (unpaired) electrons. The van der Waals surface area contributed by atoms with E-state index in [2.05, 4.69) is 57.7 Å². The lowest BCUT2D eigenvalue weighted by molar-refractivity contribution is 0.178. The Kier molecular flexibility index (Phi) is 8.10. The van der Waals surface area contributed by atoms with Gasteiger partial charge in [-0.05, 0) is 65.4 Å². The van der Waals surface area contributed by atoms with Crippen molar-refractivity contribution < 1.29 is 18.9 Å². The molecule has 8 heteroatoms. The molecular formula is C31H36ClN3O4. The smallest absolute Gasteiger partial charge is 0.161 e. The molecule has 1 unspecified atom stereocenters. The van der Waals surface area contributed by atoms with Gasteiger partial charge in [0.25, 0.3) is 0 Å². The monoisotopic (exact) mass is 549 g/mol. The Bertz CT molecular complexity index is 1340. The number of para-hydroxylation sites is 1. The van der Waals surface area contributed by atoms with E-state index in [-0.39, 0.29) is 0 Å². The van der Waals surface area contributed by atoms with Crippen LogP contribution in [-0.4, -0.2) is 66.1 Å². The molecule has 0 saturated carbocycles. The molecule has 1 fully saturated rings. The predicted octanol–water partition coefficient (Wildman–Crippen LogP) is 5.21. The van der Waals surface area contributed by atoms with Crippen molar-refractivity contribution in [2.75, 3.05) is 66.1 Å². The third kappa shape index (κ3) is 5.47. The molecular weight excluding hydrogens is 514 g/mol. The van der Waals surface area contributed by atoms with E-state index in [1.165, 1.54) is 5.56 Å². The van der Waals surface area contributed by atoms with Crippen LogP contribution in [0.4, 0.5) is 5.69 Å². The summed E-state index contributed by atoms with van der Waals surface area (Å²) >= 11 is 6.50. The van der Waals surface area contributed by atoms with Crippen molar-refractivity contribution in [3.8, 4) is 23.0 Å². The molecule has 7 nitrogen and oxygen atoms in total. The van der Waals surface area contributed by atoms with E-state index in [9.17, 15) is 0 Å². The van der Waals surface area contributed by atoms with Crippen molar-refractivity contribution in [1.29, 1.82) is 0 Å². The molecule has 3 aromatic carbocycles. The molecule has 0 amide bonds. The highest BCUT2D eigenvalue weighted by molar-refractivity contribution is 6.33. The number of halogens is 1. The highest BCUT2D eigenvalue weighted by Crippen LogP contribution is 2.41. The molecule has 5 rings (SSSR count). The molecule has 2 aliphatic heterocycles. The third-order valence-electron chi connectivity index (χ3n) is 7.71. The van der Waals surface area contributed by atoms with Gasteiger partial charge in [-0.3, -0.25) is 4.90 Å². The highest BCUT2D eigenvalue weighted by atomic mass is 35.5. The van der Waals surface area contributed by atoms with Gasteiger partial charge >= 0.3 is 0 Å². The number of methoxy groups -OCH3 is 4. The summed E-state index contributed by atoms with van der Waals surface area (Å²) in [6.45, 7) is 4.47. The Hall–Kier alpha value is -3.55. The van der Waals surface area contributed by atoms with Gasteiger partial charge in [0, 0.05) is 39.1 Å². The molecule has 39 heavy (non-hydrogen) atoms. The predicted molar refractivity (Wildman–Crippen MR) is 157 cm³/mol. The third-order valence-corrected chi connectivity index (χ3v) is 8.03. The van der Waals surface area contributed by atoms with Gasteiger partial charge < -0.3 is 29.2 Å². The van der Waals surface area contributed by atoms with Crippen LogP contribution in [0.1, 0.15) is 16.7 Å². The maximum absolute atomic E-state index is 6.50. The fraction of sp³-hybridized carbons (Fsp3) is 0.355. The lowest BCUT2D eigenvalue weighted by Gasteiger charge is -2.45. The number of hydrogen-bond acceptors (Lipinski definition) is 7. The standard InChI is InChI=1S/C31H36ClN3O4/c1-36-27-10-9-22(17-28(27)37-2)20-31(24-19-30(39-4)29(38-3)18-23(24)11-12-33-31)21-34-13-15-35(16-14-34)26-8-6-5-7-25(26)32/h5-12,17-19,33H,13-16,20-21H2,1-4H3. The summed E-state index contributed by atoms with van der Waals surface area (Å²) in [5.41, 5.74) is 4.12. The number of nitrogens with zero attached hydrogens (tertiary/aromatic N) is 2. The van der Waals surface area contributed by atoms with Crippen molar-refractivity contribution in [2.24, 2.45) is 0 Å². The van der Waals surface area contributed by atoms with E-state index in [0.717, 1.165) is 72.5 Å².